The highest BCUT2D eigenvalue weighted by molar-refractivity contribution is 6.16. The maximum atomic E-state index is 6.59. The van der Waals surface area contributed by atoms with Crippen LogP contribution in [0.2, 0.25) is 0 Å². The van der Waals surface area contributed by atoms with Crippen molar-refractivity contribution in [3.63, 3.8) is 0 Å². The first-order chi connectivity index (χ1) is 25.3. The van der Waals surface area contributed by atoms with Crippen molar-refractivity contribution in [2.24, 2.45) is 0 Å². The Kier molecular flexibility index (Phi) is 6.81. The van der Waals surface area contributed by atoms with E-state index in [4.69, 9.17) is 8.83 Å². The maximum absolute atomic E-state index is 6.59. The number of hydrogen-bond acceptors (Lipinski definition) is 3. The van der Waals surface area contributed by atoms with E-state index in [0.29, 0.717) is 0 Å². The number of para-hydroxylation sites is 4. The van der Waals surface area contributed by atoms with Crippen LogP contribution >= 0.6 is 0 Å². The Hall–Kier alpha value is -6.84. The highest BCUT2D eigenvalue weighted by Crippen LogP contribution is 2.44. The van der Waals surface area contributed by atoms with Gasteiger partial charge in [-0.15, -0.1) is 0 Å². The van der Waals surface area contributed by atoms with Gasteiger partial charge in [0, 0.05) is 49.7 Å². The van der Waals surface area contributed by atoms with Crippen LogP contribution in [-0.4, -0.2) is 0 Å². The van der Waals surface area contributed by atoms with E-state index in [-0.39, 0.29) is 0 Å². The number of benzene rings is 8. The Labute approximate surface area is 295 Å². The number of fused-ring (bicyclic) bond motifs is 6. The van der Waals surface area contributed by atoms with Gasteiger partial charge in [-0.25, -0.2) is 0 Å². The second kappa shape index (κ2) is 11.9. The van der Waals surface area contributed by atoms with E-state index in [0.717, 1.165) is 83.2 Å². The molecule has 10 rings (SSSR count). The zero-order valence-corrected chi connectivity index (χ0v) is 27.7. The number of furan rings is 2. The summed E-state index contributed by atoms with van der Waals surface area (Å²) in [6.45, 7) is 0. The van der Waals surface area contributed by atoms with E-state index >= 15 is 0 Å². The molecule has 0 fully saturated rings. The van der Waals surface area contributed by atoms with Gasteiger partial charge in [-0.1, -0.05) is 127 Å². The molecule has 0 atom stereocenters. The molecule has 10 aromatic rings. The minimum Gasteiger partial charge on any atom is -0.455 e. The first kappa shape index (κ1) is 29.1. The van der Waals surface area contributed by atoms with Crippen molar-refractivity contribution in [3.05, 3.63) is 188 Å². The second-order valence-electron chi connectivity index (χ2n) is 12.9. The molecule has 0 aliphatic rings. The van der Waals surface area contributed by atoms with Crippen LogP contribution < -0.4 is 4.90 Å². The molecule has 0 saturated carbocycles. The molecule has 0 aliphatic carbocycles. The summed E-state index contributed by atoms with van der Waals surface area (Å²) in [6.07, 6.45) is 0. The Morgan fingerprint density at radius 3 is 1.41 bits per heavy atom. The molecule has 2 aromatic heterocycles. The Bertz CT molecular complexity index is 2830. The van der Waals surface area contributed by atoms with Crippen molar-refractivity contribution in [3.8, 4) is 33.4 Å². The third kappa shape index (κ3) is 4.98. The highest BCUT2D eigenvalue weighted by atomic mass is 16.3. The van der Waals surface area contributed by atoms with E-state index in [2.05, 4.69) is 169 Å². The maximum Gasteiger partial charge on any atom is 0.143 e. The van der Waals surface area contributed by atoms with Gasteiger partial charge >= 0.3 is 0 Å². The van der Waals surface area contributed by atoms with Crippen LogP contribution in [0, 0.1) is 0 Å². The summed E-state index contributed by atoms with van der Waals surface area (Å²) in [5.41, 5.74) is 13.4. The van der Waals surface area contributed by atoms with Gasteiger partial charge in [0.1, 0.15) is 22.3 Å². The molecule has 0 spiro atoms. The first-order valence-electron chi connectivity index (χ1n) is 17.3. The fourth-order valence-electron chi connectivity index (χ4n) is 7.41. The van der Waals surface area contributed by atoms with Crippen molar-refractivity contribution in [2.45, 2.75) is 0 Å². The average molecular weight is 654 g/mol. The molecule has 8 aromatic carbocycles. The zero-order chi connectivity index (χ0) is 33.7. The molecule has 0 radical (unpaired) electrons. The van der Waals surface area contributed by atoms with Gasteiger partial charge < -0.3 is 13.7 Å². The normalized spacial score (nSPS) is 11.5. The SMILES string of the molecule is c1ccc(-c2ccc(N(c3ccccc3)c3ccc(-c4cc(-c5cccc6c5oc5ccccc56)c5oc6ccccc6c5c4)cc3)cc2)cc1. The van der Waals surface area contributed by atoms with E-state index in [1.165, 1.54) is 11.1 Å². The molecular weight excluding hydrogens is 623 g/mol. The predicted octanol–water partition coefficient (Wildman–Crippen LogP) is 14.0. The fourth-order valence-corrected chi connectivity index (χ4v) is 7.41. The number of hydrogen-bond donors (Lipinski definition) is 0. The van der Waals surface area contributed by atoms with Crippen molar-refractivity contribution < 1.29 is 8.83 Å². The standard InChI is InChI=1S/C48H31NO2/c1-3-12-32(13-4-1)33-22-26-37(27-23-33)49(36-14-5-2-6-15-36)38-28-24-34(25-29-38)35-30-43-40-17-8-10-21-46(40)51-48(43)44(31-35)42-19-11-18-41-39-16-7-9-20-45(39)50-47(41)42/h1-31H. The number of nitrogens with zero attached hydrogens (tertiary/aromatic N) is 1. The number of anilines is 3. The summed E-state index contributed by atoms with van der Waals surface area (Å²) in [5, 5.41) is 4.39. The van der Waals surface area contributed by atoms with Crippen LogP contribution in [0.4, 0.5) is 17.1 Å². The summed E-state index contributed by atoms with van der Waals surface area (Å²) < 4.78 is 13.1. The van der Waals surface area contributed by atoms with Gasteiger partial charge in [-0.05, 0) is 82.9 Å². The van der Waals surface area contributed by atoms with E-state index < -0.39 is 0 Å². The van der Waals surface area contributed by atoms with E-state index in [9.17, 15) is 0 Å². The third-order valence-corrected chi connectivity index (χ3v) is 9.88. The molecule has 2 heterocycles. The van der Waals surface area contributed by atoms with Crippen LogP contribution in [-0.2, 0) is 0 Å². The molecule has 0 amide bonds. The van der Waals surface area contributed by atoms with Crippen LogP contribution in [0.5, 0.6) is 0 Å². The quantitative estimate of drug-likeness (QED) is 0.179. The summed E-state index contributed by atoms with van der Waals surface area (Å²) in [6, 6.07) is 66.1. The molecule has 0 saturated heterocycles. The first-order valence-corrected chi connectivity index (χ1v) is 17.3. The number of rotatable bonds is 6. The lowest BCUT2D eigenvalue weighted by molar-refractivity contribution is 0.665. The van der Waals surface area contributed by atoms with Gasteiger partial charge in [0.2, 0.25) is 0 Å². The van der Waals surface area contributed by atoms with Gasteiger partial charge in [0.05, 0.1) is 0 Å². The molecule has 51 heavy (non-hydrogen) atoms. The molecule has 3 heteroatoms. The largest absolute Gasteiger partial charge is 0.455 e. The third-order valence-electron chi connectivity index (χ3n) is 9.88. The molecule has 0 N–H and O–H groups in total. The summed E-state index contributed by atoms with van der Waals surface area (Å²) >= 11 is 0. The lowest BCUT2D eigenvalue weighted by Crippen LogP contribution is -2.09. The Balaban J connectivity index is 1.11. The molecule has 240 valence electrons. The average Bonchev–Trinajstić information content (AvgIpc) is 3.78. The van der Waals surface area contributed by atoms with Crippen LogP contribution in [0.25, 0.3) is 77.3 Å². The van der Waals surface area contributed by atoms with Gasteiger partial charge in [0.15, 0.2) is 0 Å². The summed E-state index contributed by atoms with van der Waals surface area (Å²) in [4.78, 5) is 2.30. The monoisotopic (exact) mass is 653 g/mol. The van der Waals surface area contributed by atoms with Crippen LogP contribution in [0.15, 0.2) is 197 Å². The highest BCUT2D eigenvalue weighted by Gasteiger charge is 2.20. The minimum absolute atomic E-state index is 0.860. The molecule has 0 aliphatic heterocycles. The van der Waals surface area contributed by atoms with Gasteiger partial charge in [-0.3, -0.25) is 0 Å². The van der Waals surface area contributed by atoms with Gasteiger partial charge in [-0.2, -0.15) is 0 Å². The van der Waals surface area contributed by atoms with E-state index in [1.807, 2.05) is 24.3 Å². The van der Waals surface area contributed by atoms with Crippen molar-refractivity contribution in [1.82, 2.24) is 0 Å². The van der Waals surface area contributed by atoms with Gasteiger partial charge in [0.25, 0.3) is 0 Å². The van der Waals surface area contributed by atoms with Crippen molar-refractivity contribution >= 4 is 60.9 Å². The summed E-state index contributed by atoms with van der Waals surface area (Å²) in [5.74, 6) is 0. The van der Waals surface area contributed by atoms with E-state index in [1.54, 1.807) is 0 Å². The minimum atomic E-state index is 0.860. The molecule has 0 bridgehead atoms. The molecular formula is C48H31NO2. The zero-order valence-electron chi connectivity index (χ0n) is 27.7. The predicted molar refractivity (Wildman–Crippen MR) is 212 cm³/mol. The second-order valence-corrected chi connectivity index (χ2v) is 12.9. The van der Waals surface area contributed by atoms with Crippen LogP contribution in [0.3, 0.4) is 0 Å². The topological polar surface area (TPSA) is 29.5 Å². The fraction of sp³-hybridized carbons (Fsp3) is 0. The Morgan fingerprint density at radius 1 is 0.294 bits per heavy atom. The van der Waals surface area contributed by atoms with Crippen LogP contribution in [0.1, 0.15) is 0 Å². The van der Waals surface area contributed by atoms with Crippen molar-refractivity contribution in [1.29, 1.82) is 0 Å². The summed E-state index contributed by atoms with van der Waals surface area (Å²) in [7, 11) is 0. The Morgan fingerprint density at radius 2 is 0.765 bits per heavy atom. The molecule has 0 unspecified atom stereocenters. The lowest BCUT2D eigenvalue weighted by atomic mass is 9.94. The lowest BCUT2D eigenvalue weighted by Gasteiger charge is -2.26. The smallest absolute Gasteiger partial charge is 0.143 e. The molecule has 3 nitrogen and oxygen atoms in total. The van der Waals surface area contributed by atoms with Crippen molar-refractivity contribution in [2.75, 3.05) is 4.90 Å².